The monoisotopic (exact) mass is 265 g/mol. The average molecular weight is 265 g/mol. The second kappa shape index (κ2) is 4.79. The Labute approximate surface area is 109 Å². The van der Waals surface area contributed by atoms with Crippen molar-refractivity contribution in [1.29, 1.82) is 0 Å². The molecule has 100 valence electrons. The molecule has 5 nitrogen and oxygen atoms in total. The molecule has 1 aromatic rings. The van der Waals surface area contributed by atoms with Gasteiger partial charge in [0.05, 0.1) is 25.6 Å². The quantitative estimate of drug-likeness (QED) is 0.596. The van der Waals surface area contributed by atoms with E-state index >= 15 is 0 Å². The van der Waals surface area contributed by atoms with E-state index in [9.17, 15) is 18.8 Å². The lowest BCUT2D eigenvalue weighted by Crippen LogP contribution is -2.26. The van der Waals surface area contributed by atoms with Crippen LogP contribution in [-0.2, 0) is 14.3 Å². The smallest absolute Gasteiger partial charge is 0.340 e. The lowest BCUT2D eigenvalue weighted by Gasteiger charge is -2.18. The number of hydrogen-bond donors (Lipinski definition) is 0. The Kier molecular flexibility index (Phi) is 3.33. The highest BCUT2D eigenvalue weighted by Crippen LogP contribution is 2.27. The Balaban J connectivity index is 2.49. The summed E-state index contributed by atoms with van der Waals surface area (Å²) in [5.74, 6) is -2.09. The number of carbonyl (C=O) groups excluding carboxylic acids is 3. The van der Waals surface area contributed by atoms with Crippen LogP contribution in [0.15, 0.2) is 12.1 Å². The Bertz CT molecular complexity index is 582. The normalized spacial score (nSPS) is 15.0. The summed E-state index contributed by atoms with van der Waals surface area (Å²) < 4.78 is 18.1. The number of anilines is 1. The minimum absolute atomic E-state index is 0.0497. The SMILES string of the molecule is COC(=O)c1cc(N2CC(=O)CC2=O)c(C)cc1F. The maximum Gasteiger partial charge on any atom is 0.340 e. The molecule has 6 heteroatoms. The summed E-state index contributed by atoms with van der Waals surface area (Å²) in [6, 6.07) is 2.39. The highest BCUT2D eigenvalue weighted by Gasteiger charge is 2.30. The number of nitrogens with zero attached hydrogens (tertiary/aromatic N) is 1. The fourth-order valence-corrected chi connectivity index (χ4v) is 2.02. The predicted molar refractivity (Wildman–Crippen MR) is 64.5 cm³/mol. The van der Waals surface area contributed by atoms with Gasteiger partial charge < -0.3 is 9.64 Å². The van der Waals surface area contributed by atoms with Gasteiger partial charge in [-0.05, 0) is 24.6 Å². The number of aryl methyl sites for hydroxylation is 1. The standard InChI is InChI=1S/C13H12FNO4/c1-7-3-10(14)9(13(18)19-2)5-11(7)15-6-8(16)4-12(15)17/h3,5H,4,6H2,1-2H3. The molecule has 0 aromatic heterocycles. The molecular weight excluding hydrogens is 253 g/mol. The van der Waals surface area contributed by atoms with Gasteiger partial charge in [-0.1, -0.05) is 0 Å². The van der Waals surface area contributed by atoms with Crippen LogP contribution in [0.25, 0.3) is 0 Å². The van der Waals surface area contributed by atoms with Crippen molar-refractivity contribution in [3.63, 3.8) is 0 Å². The Hall–Kier alpha value is -2.24. The highest BCUT2D eigenvalue weighted by molar-refractivity contribution is 6.15. The zero-order valence-corrected chi connectivity index (χ0v) is 10.5. The Morgan fingerprint density at radius 1 is 1.37 bits per heavy atom. The van der Waals surface area contributed by atoms with Gasteiger partial charge in [-0.2, -0.15) is 0 Å². The van der Waals surface area contributed by atoms with Crippen LogP contribution in [0, 0.1) is 12.7 Å². The van der Waals surface area contributed by atoms with E-state index < -0.39 is 11.8 Å². The summed E-state index contributed by atoms with van der Waals surface area (Å²) in [5.41, 5.74) is 0.584. The fourth-order valence-electron chi connectivity index (χ4n) is 2.02. The van der Waals surface area contributed by atoms with Crippen molar-refractivity contribution >= 4 is 23.3 Å². The van der Waals surface area contributed by atoms with E-state index in [0.29, 0.717) is 11.3 Å². The fraction of sp³-hybridized carbons (Fsp3) is 0.308. The zero-order valence-electron chi connectivity index (χ0n) is 10.5. The van der Waals surface area contributed by atoms with Crippen molar-refractivity contribution in [2.45, 2.75) is 13.3 Å². The first-order chi connectivity index (χ1) is 8.93. The summed E-state index contributed by atoms with van der Waals surface area (Å²) in [6.07, 6.45) is -0.162. The summed E-state index contributed by atoms with van der Waals surface area (Å²) in [6.45, 7) is 1.56. The molecular formula is C13H12FNO4. The topological polar surface area (TPSA) is 63.7 Å². The third-order valence-electron chi connectivity index (χ3n) is 2.97. The van der Waals surface area contributed by atoms with Gasteiger partial charge in [0.15, 0.2) is 5.78 Å². The summed E-state index contributed by atoms with van der Waals surface area (Å²) >= 11 is 0. The van der Waals surface area contributed by atoms with Crippen LogP contribution < -0.4 is 4.90 Å². The zero-order chi connectivity index (χ0) is 14.2. The van der Waals surface area contributed by atoms with Gasteiger partial charge in [0, 0.05) is 5.69 Å². The van der Waals surface area contributed by atoms with Crippen LogP contribution in [0.3, 0.4) is 0 Å². The Morgan fingerprint density at radius 3 is 2.58 bits per heavy atom. The lowest BCUT2D eigenvalue weighted by molar-refractivity contribution is -0.121. The summed E-state index contributed by atoms with van der Waals surface area (Å²) in [5, 5.41) is 0. The third-order valence-corrected chi connectivity index (χ3v) is 2.97. The number of halogens is 1. The molecule has 0 unspecified atom stereocenters. The third kappa shape index (κ3) is 2.33. The van der Waals surface area contributed by atoms with Crippen LogP contribution in [0.5, 0.6) is 0 Å². The number of carbonyl (C=O) groups is 3. The molecule has 1 aliphatic heterocycles. The van der Waals surface area contributed by atoms with E-state index in [1.54, 1.807) is 6.92 Å². The number of methoxy groups -OCH3 is 1. The van der Waals surface area contributed by atoms with E-state index in [4.69, 9.17) is 0 Å². The molecule has 1 fully saturated rings. The van der Waals surface area contributed by atoms with Gasteiger partial charge in [-0.15, -0.1) is 0 Å². The van der Waals surface area contributed by atoms with Crippen molar-refractivity contribution < 1.29 is 23.5 Å². The van der Waals surface area contributed by atoms with Crippen molar-refractivity contribution in [2.75, 3.05) is 18.6 Å². The van der Waals surface area contributed by atoms with E-state index in [0.717, 1.165) is 13.2 Å². The number of esters is 1. The number of hydrogen-bond acceptors (Lipinski definition) is 4. The maximum atomic E-state index is 13.7. The minimum Gasteiger partial charge on any atom is -0.465 e. The number of Topliss-reactive ketones (excluding diaryl/α,β-unsaturated/α-hetero) is 1. The first kappa shape index (κ1) is 13.2. The van der Waals surface area contributed by atoms with Crippen LogP contribution in [0.2, 0.25) is 0 Å². The molecule has 0 spiro atoms. The number of rotatable bonds is 2. The number of ketones is 1. The molecule has 0 saturated carbocycles. The second-order valence-electron chi connectivity index (χ2n) is 4.31. The van der Waals surface area contributed by atoms with Gasteiger partial charge in [0.2, 0.25) is 5.91 Å². The molecule has 0 atom stereocenters. The molecule has 1 amide bonds. The number of amides is 1. The number of ether oxygens (including phenoxy) is 1. The van der Waals surface area contributed by atoms with Crippen LogP contribution >= 0.6 is 0 Å². The second-order valence-corrected chi connectivity index (χ2v) is 4.31. The molecule has 2 rings (SSSR count). The van der Waals surface area contributed by atoms with Gasteiger partial charge in [-0.3, -0.25) is 9.59 Å². The largest absolute Gasteiger partial charge is 0.465 e. The molecule has 0 bridgehead atoms. The van der Waals surface area contributed by atoms with Crippen molar-refractivity contribution in [3.05, 3.63) is 29.1 Å². The van der Waals surface area contributed by atoms with Crippen LogP contribution in [0.1, 0.15) is 22.3 Å². The van der Waals surface area contributed by atoms with Gasteiger partial charge in [0.25, 0.3) is 0 Å². The molecule has 1 aromatic carbocycles. The average Bonchev–Trinajstić information content (AvgIpc) is 2.67. The number of benzene rings is 1. The molecule has 19 heavy (non-hydrogen) atoms. The first-order valence-corrected chi connectivity index (χ1v) is 5.64. The Morgan fingerprint density at radius 2 is 2.05 bits per heavy atom. The highest BCUT2D eigenvalue weighted by atomic mass is 19.1. The summed E-state index contributed by atoms with van der Waals surface area (Å²) in [7, 11) is 1.14. The molecule has 1 heterocycles. The van der Waals surface area contributed by atoms with Gasteiger partial charge >= 0.3 is 5.97 Å². The molecule has 0 radical (unpaired) electrons. The molecule has 1 saturated heterocycles. The maximum absolute atomic E-state index is 13.7. The first-order valence-electron chi connectivity index (χ1n) is 5.64. The molecule has 0 N–H and O–H groups in total. The van der Waals surface area contributed by atoms with E-state index in [2.05, 4.69) is 4.74 Å². The van der Waals surface area contributed by atoms with Gasteiger partial charge in [-0.25, -0.2) is 9.18 Å². The van der Waals surface area contributed by atoms with Crippen LogP contribution in [-0.4, -0.2) is 31.3 Å². The van der Waals surface area contributed by atoms with E-state index in [1.165, 1.54) is 11.0 Å². The van der Waals surface area contributed by atoms with Crippen LogP contribution in [0.4, 0.5) is 10.1 Å². The predicted octanol–water partition coefficient (Wildman–Crippen LogP) is 1.23. The van der Waals surface area contributed by atoms with E-state index in [-0.39, 0.29) is 30.2 Å². The molecule has 1 aliphatic rings. The van der Waals surface area contributed by atoms with E-state index in [1.807, 2.05) is 0 Å². The minimum atomic E-state index is -0.822. The summed E-state index contributed by atoms with van der Waals surface area (Å²) in [4.78, 5) is 35.6. The van der Waals surface area contributed by atoms with Gasteiger partial charge in [0.1, 0.15) is 5.82 Å². The van der Waals surface area contributed by atoms with Crippen molar-refractivity contribution in [1.82, 2.24) is 0 Å². The van der Waals surface area contributed by atoms with Crippen molar-refractivity contribution in [3.8, 4) is 0 Å². The molecule has 0 aliphatic carbocycles. The lowest BCUT2D eigenvalue weighted by atomic mass is 10.1. The van der Waals surface area contributed by atoms with Crippen molar-refractivity contribution in [2.24, 2.45) is 0 Å².